The Balaban J connectivity index is 1.90. The maximum atomic E-state index is 4.50. The van der Waals surface area contributed by atoms with Crippen LogP contribution in [0.25, 0.3) is 0 Å². The monoisotopic (exact) mass is 245 g/mol. The third-order valence-electron chi connectivity index (χ3n) is 3.20. The van der Waals surface area contributed by atoms with Crippen molar-refractivity contribution in [2.24, 2.45) is 0 Å². The molecule has 17 heavy (non-hydrogen) atoms. The predicted octanol–water partition coefficient (Wildman–Crippen LogP) is 3.19. The summed E-state index contributed by atoms with van der Waals surface area (Å²) in [6.07, 6.45) is 2.45. The number of anilines is 1. The van der Waals surface area contributed by atoms with Gasteiger partial charge in [0, 0.05) is 18.1 Å². The first-order chi connectivity index (χ1) is 8.34. The van der Waals surface area contributed by atoms with Crippen molar-refractivity contribution in [1.82, 2.24) is 9.36 Å². The summed E-state index contributed by atoms with van der Waals surface area (Å²) in [6.45, 7) is 3.04. The molecule has 2 heterocycles. The zero-order chi connectivity index (χ0) is 11.7. The summed E-state index contributed by atoms with van der Waals surface area (Å²) in [7, 11) is 0. The lowest BCUT2D eigenvalue weighted by Gasteiger charge is -2.23. The van der Waals surface area contributed by atoms with Crippen LogP contribution in [0.4, 0.5) is 5.13 Å². The van der Waals surface area contributed by atoms with Crippen molar-refractivity contribution in [1.29, 1.82) is 0 Å². The third kappa shape index (κ3) is 2.05. The molecule has 88 valence electrons. The summed E-state index contributed by atoms with van der Waals surface area (Å²) in [4.78, 5) is 6.89. The zero-order valence-electron chi connectivity index (χ0n) is 9.84. The van der Waals surface area contributed by atoms with Crippen molar-refractivity contribution in [3.8, 4) is 0 Å². The van der Waals surface area contributed by atoms with Gasteiger partial charge in [-0.25, -0.2) is 4.98 Å². The minimum atomic E-state index is 0.476. The summed E-state index contributed by atoms with van der Waals surface area (Å²) in [6, 6.07) is 11.2. The molecule has 3 rings (SSSR count). The molecule has 0 amide bonds. The lowest BCUT2D eigenvalue weighted by molar-refractivity contribution is 0.716. The lowest BCUT2D eigenvalue weighted by Crippen LogP contribution is -2.22. The SMILES string of the molecule is Cc1nsc(N2CCCC2c2ccccc2)n1. The Bertz CT molecular complexity index is 494. The van der Waals surface area contributed by atoms with E-state index >= 15 is 0 Å². The van der Waals surface area contributed by atoms with Gasteiger partial charge >= 0.3 is 0 Å². The first-order valence-corrected chi connectivity index (χ1v) is 6.74. The molecule has 0 saturated carbocycles. The van der Waals surface area contributed by atoms with Gasteiger partial charge in [-0.15, -0.1) is 0 Å². The second-order valence-electron chi connectivity index (χ2n) is 4.39. The summed E-state index contributed by atoms with van der Waals surface area (Å²) in [5, 5.41) is 1.06. The van der Waals surface area contributed by atoms with E-state index in [0.717, 1.165) is 17.5 Å². The van der Waals surface area contributed by atoms with Crippen LogP contribution in [0.2, 0.25) is 0 Å². The van der Waals surface area contributed by atoms with E-state index in [4.69, 9.17) is 0 Å². The van der Waals surface area contributed by atoms with E-state index in [-0.39, 0.29) is 0 Å². The first-order valence-electron chi connectivity index (χ1n) is 5.96. The van der Waals surface area contributed by atoms with Crippen molar-refractivity contribution in [3.05, 3.63) is 41.7 Å². The summed E-state index contributed by atoms with van der Waals surface area (Å²) >= 11 is 1.51. The number of hydrogen-bond acceptors (Lipinski definition) is 4. The van der Waals surface area contributed by atoms with Gasteiger partial charge in [-0.2, -0.15) is 4.37 Å². The normalized spacial score (nSPS) is 19.8. The fourth-order valence-electron chi connectivity index (χ4n) is 2.42. The van der Waals surface area contributed by atoms with E-state index in [2.05, 4.69) is 44.6 Å². The Labute approximate surface area is 105 Å². The molecule has 0 bridgehead atoms. The smallest absolute Gasteiger partial charge is 0.205 e. The van der Waals surface area contributed by atoms with E-state index in [9.17, 15) is 0 Å². The van der Waals surface area contributed by atoms with Crippen LogP contribution in [-0.4, -0.2) is 15.9 Å². The highest BCUT2D eigenvalue weighted by molar-refractivity contribution is 7.09. The molecular weight excluding hydrogens is 230 g/mol. The highest BCUT2D eigenvalue weighted by atomic mass is 32.1. The largest absolute Gasteiger partial charge is 0.340 e. The zero-order valence-corrected chi connectivity index (χ0v) is 10.7. The van der Waals surface area contributed by atoms with Crippen molar-refractivity contribution >= 4 is 16.7 Å². The molecule has 1 aliphatic heterocycles. The standard InChI is InChI=1S/C13H15N3S/c1-10-14-13(17-15-10)16-9-5-8-12(16)11-6-3-2-4-7-11/h2-4,6-7,12H,5,8-9H2,1H3. The van der Waals surface area contributed by atoms with Crippen molar-refractivity contribution in [2.45, 2.75) is 25.8 Å². The van der Waals surface area contributed by atoms with Crippen LogP contribution in [-0.2, 0) is 0 Å². The van der Waals surface area contributed by atoms with Crippen LogP contribution in [0, 0.1) is 6.92 Å². The minimum absolute atomic E-state index is 0.476. The third-order valence-corrected chi connectivity index (χ3v) is 4.04. The summed E-state index contributed by atoms with van der Waals surface area (Å²) in [5.74, 6) is 0.878. The van der Waals surface area contributed by atoms with Crippen molar-refractivity contribution < 1.29 is 0 Å². The average Bonchev–Trinajstić information content (AvgIpc) is 2.98. The Hall–Kier alpha value is -1.42. The topological polar surface area (TPSA) is 29.0 Å². The van der Waals surface area contributed by atoms with Crippen LogP contribution in [0.1, 0.15) is 30.3 Å². The fraction of sp³-hybridized carbons (Fsp3) is 0.385. The molecule has 0 radical (unpaired) electrons. The van der Waals surface area contributed by atoms with Gasteiger partial charge in [-0.05, 0) is 25.3 Å². The van der Waals surface area contributed by atoms with E-state index in [1.807, 2.05) is 6.92 Å². The summed E-state index contributed by atoms with van der Waals surface area (Å²) < 4.78 is 4.28. The van der Waals surface area contributed by atoms with Crippen molar-refractivity contribution in [3.63, 3.8) is 0 Å². The van der Waals surface area contributed by atoms with Crippen molar-refractivity contribution in [2.75, 3.05) is 11.4 Å². The number of aryl methyl sites for hydroxylation is 1. The maximum absolute atomic E-state index is 4.50. The summed E-state index contributed by atoms with van der Waals surface area (Å²) in [5.41, 5.74) is 1.39. The van der Waals surface area contributed by atoms with Gasteiger partial charge in [0.1, 0.15) is 5.82 Å². The molecule has 1 unspecified atom stereocenters. The molecule has 1 aliphatic rings. The van der Waals surface area contributed by atoms with E-state index in [1.165, 1.54) is 29.9 Å². The Morgan fingerprint density at radius 3 is 2.82 bits per heavy atom. The van der Waals surface area contributed by atoms with Gasteiger partial charge in [-0.1, -0.05) is 30.3 Å². The Morgan fingerprint density at radius 1 is 1.29 bits per heavy atom. The second kappa shape index (κ2) is 4.45. The molecule has 3 nitrogen and oxygen atoms in total. The first kappa shape index (κ1) is 10.7. The van der Waals surface area contributed by atoms with Gasteiger partial charge in [0.15, 0.2) is 0 Å². The van der Waals surface area contributed by atoms with Gasteiger partial charge in [0.25, 0.3) is 0 Å². The minimum Gasteiger partial charge on any atom is -0.340 e. The van der Waals surface area contributed by atoms with Gasteiger partial charge in [-0.3, -0.25) is 0 Å². The predicted molar refractivity (Wildman–Crippen MR) is 70.4 cm³/mol. The second-order valence-corrected chi connectivity index (χ2v) is 5.12. The quantitative estimate of drug-likeness (QED) is 0.813. The van der Waals surface area contributed by atoms with Gasteiger partial charge < -0.3 is 4.90 Å². The molecule has 0 N–H and O–H groups in total. The number of nitrogens with zero attached hydrogens (tertiary/aromatic N) is 3. The molecule has 4 heteroatoms. The van der Waals surface area contributed by atoms with Gasteiger partial charge in [0.2, 0.25) is 5.13 Å². The molecule has 1 aromatic heterocycles. The van der Waals surface area contributed by atoms with Crippen LogP contribution < -0.4 is 4.90 Å². The van der Waals surface area contributed by atoms with Crippen LogP contribution >= 0.6 is 11.5 Å². The van der Waals surface area contributed by atoms with E-state index in [1.54, 1.807) is 0 Å². The molecule has 0 aliphatic carbocycles. The molecule has 0 spiro atoms. The number of benzene rings is 1. The lowest BCUT2D eigenvalue weighted by atomic mass is 10.1. The molecule has 1 fully saturated rings. The number of hydrogen-bond donors (Lipinski definition) is 0. The highest BCUT2D eigenvalue weighted by Crippen LogP contribution is 2.36. The molecule has 1 saturated heterocycles. The van der Waals surface area contributed by atoms with Crippen LogP contribution in [0.15, 0.2) is 30.3 Å². The Morgan fingerprint density at radius 2 is 2.12 bits per heavy atom. The molecule has 2 aromatic rings. The van der Waals surface area contributed by atoms with E-state index < -0.39 is 0 Å². The molecule has 1 atom stereocenters. The maximum Gasteiger partial charge on any atom is 0.205 e. The molecular formula is C13H15N3S. The van der Waals surface area contributed by atoms with Crippen LogP contribution in [0.5, 0.6) is 0 Å². The van der Waals surface area contributed by atoms with Gasteiger partial charge in [0.05, 0.1) is 6.04 Å². The van der Waals surface area contributed by atoms with E-state index in [0.29, 0.717) is 6.04 Å². The Kier molecular flexibility index (Phi) is 2.81. The highest BCUT2D eigenvalue weighted by Gasteiger charge is 2.28. The number of aromatic nitrogens is 2. The fourth-order valence-corrected chi connectivity index (χ4v) is 3.17. The molecule has 1 aromatic carbocycles. The average molecular weight is 245 g/mol. The number of rotatable bonds is 2. The van der Waals surface area contributed by atoms with Crippen LogP contribution in [0.3, 0.4) is 0 Å².